The molecule has 0 amide bonds. The first kappa shape index (κ1) is 11.3. The second-order valence-corrected chi connectivity index (χ2v) is 6.14. The number of aliphatic hydroxyl groups is 1. The van der Waals surface area contributed by atoms with Crippen molar-refractivity contribution in [2.24, 2.45) is 11.8 Å². The molecule has 5 nitrogen and oxygen atoms in total. The van der Waals surface area contributed by atoms with E-state index >= 15 is 0 Å². The zero-order valence-electron chi connectivity index (χ0n) is 8.89. The van der Waals surface area contributed by atoms with Crippen molar-refractivity contribution in [1.82, 2.24) is 9.03 Å². The Morgan fingerprint density at radius 1 is 1.40 bits per heavy atom. The smallest absolute Gasteiger partial charge is 0.279 e. The highest BCUT2D eigenvalue weighted by Crippen LogP contribution is 2.38. The first-order valence-electron chi connectivity index (χ1n) is 5.47. The van der Waals surface area contributed by atoms with Crippen LogP contribution < -0.4 is 4.72 Å². The van der Waals surface area contributed by atoms with E-state index in [1.165, 1.54) is 4.31 Å². The fraction of sp³-hybridized carbons (Fsp3) is 1.00. The average Bonchev–Trinajstić information content (AvgIpc) is 2.69. The van der Waals surface area contributed by atoms with Crippen LogP contribution in [0, 0.1) is 11.8 Å². The van der Waals surface area contributed by atoms with Gasteiger partial charge in [-0.3, -0.25) is 0 Å². The Labute approximate surface area is 90.6 Å². The van der Waals surface area contributed by atoms with Gasteiger partial charge in [0, 0.05) is 25.6 Å². The van der Waals surface area contributed by atoms with E-state index in [9.17, 15) is 13.5 Å². The molecule has 88 valence electrons. The molecule has 1 saturated carbocycles. The van der Waals surface area contributed by atoms with E-state index in [0.717, 1.165) is 12.8 Å². The lowest BCUT2D eigenvalue weighted by atomic mass is 10.00. The van der Waals surface area contributed by atoms with Crippen LogP contribution >= 0.6 is 0 Å². The number of fused-ring (bicyclic) bond motifs is 1. The molecule has 3 unspecified atom stereocenters. The van der Waals surface area contributed by atoms with Gasteiger partial charge in [0.1, 0.15) is 0 Å². The van der Waals surface area contributed by atoms with Gasteiger partial charge in [-0.1, -0.05) is 6.92 Å². The third-order valence-electron chi connectivity index (χ3n) is 3.45. The molecular formula is C9H18N2O3S. The quantitative estimate of drug-likeness (QED) is 0.694. The van der Waals surface area contributed by atoms with Crippen LogP contribution in [0.15, 0.2) is 0 Å². The third kappa shape index (κ3) is 2.04. The van der Waals surface area contributed by atoms with E-state index in [0.29, 0.717) is 25.6 Å². The van der Waals surface area contributed by atoms with Gasteiger partial charge >= 0.3 is 0 Å². The van der Waals surface area contributed by atoms with E-state index in [4.69, 9.17) is 0 Å². The van der Waals surface area contributed by atoms with Crippen molar-refractivity contribution >= 4 is 10.2 Å². The molecule has 2 rings (SSSR count). The average molecular weight is 234 g/mol. The summed E-state index contributed by atoms with van der Waals surface area (Å²) in [6, 6.07) is 0. The number of hydrogen-bond donors (Lipinski definition) is 2. The molecule has 15 heavy (non-hydrogen) atoms. The molecule has 2 N–H and O–H groups in total. The number of nitrogens with one attached hydrogen (secondary N) is 1. The summed E-state index contributed by atoms with van der Waals surface area (Å²) >= 11 is 0. The van der Waals surface area contributed by atoms with Crippen molar-refractivity contribution in [3.05, 3.63) is 0 Å². The SMILES string of the molecule is CCNS(=O)(=O)N1CC2CCC(O)C2C1. The Kier molecular flexibility index (Phi) is 3.03. The Hall–Kier alpha value is -0.170. The van der Waals surface area contributed by atoms with Crippen molar-refractivity contribution in [3.8, 4) is 0 Å². The Bertz CT molecular complexity index is 330. The molecule has 3 atom stereocenters. The van der Waals surface area contributed by atoms with Gasteiger partial charge in [0.2, 0.25) is 0 Å². The van der Waals surface area contributed by atoms with Crippen LogP contribution in [0.5, 0.6) is 0 Å². The van der Waals surface area contributed by atoms with Crippen LogP contribution in [0.25, 0.3) is 0 Å². The van der Waals surface area contributed by atoms with Crippen molar-refractivity contribution in [2.45, 2.75) is 25.9 Å². The highest BCUT2D eigenvalue weighted by molar-refractivity contribution is 7.87. The Balaban J connectivity index is 2.05. The zero-order valence-corrected chi connectivity index (χ0v) is 9.70. The van der Waals surface area contributed by atoms with Crippen LogP contribution in [0.3, 0.4) is 0 Å². The van der Waals surface area contributed by atoms with E-state index < -0.39 is 10.2 Å². The Morgan fingerprint density at radius 2 is 2.13 bits per heavy atom. The summed E-state index contributed by atoms with van der Waals surface area (Å²) in [4.78, 5) is 0. The standard InChI is InChI=1S/C9H18N2O3S/c1-2-10-15(13,14)11-5-7-3-4-9(12)8(7)6-11/h7-10,12H,2-6H2,1H3. The van der Waals surface area contributed by atoms with Gasteiger partial charge in [-0.25, -0.2) is 4.72 Å². The fourth-order valence-electron chi connectivity index (χ4n) is 2.67. The summed E-state index contributed by atoms with van der Waals surface area (Å²) in [5, 5.41) is 9.67. The first-order valence-corrected chi connectivity index (χ1v) is 6.91. The van der Waals surface area contributed by atoms with E-state index in [-0.39, 0.29) is 12.0 Å². The molecule has 0 bridgehead atoms. The minimum Gasteiger partial charge on any atom is -0.393 e. The second-order valence-electron chi connectivity index (χ2n) is 4.39. The van der Waals surface area contributed by atoms with Gasteiger partial charge in [-0.15, -0.1) is 0 Å². The lowest BCUT2D eigenvalue weighted by Gasteiger charge is -2.17. The highest BCUT2D eigenvalue weighted by atomic mass is 32.2. The van der Waals surface area contributed by atoms with E-state index in [2.05, 4.69) is 4.72 Å². The topological polar surface area (TPSA) is 69.6 Å². The largest absolute Gasteiger partial charge is 0.393 e. The molecule has 0 radical (unpaired) electrons. The molecule has 0 aromatic heterocycles. The lowest BCUT2D eigenvalue weighted by Crippen LogP contribution is -2.40. The predicted molar refractivity (Wildman–Crippen MR) is 56.4 cm³/mol. The number of hydrogen-bond acceptors (Lipinski definition) is 3. The van der Waals surface area contributed by atoms with Crippen LogP contribution in [0.4, 0.5) is 0 Å². The lowest BCUT2D eigenvalue weighted by molar-refractivity contribution is 0.129. The molecule has 0 aromatic rings. The van der Waals surface area contributed by atoms with Crippen LogP contribution in [-0.4, -0.2) is 43.6 Å². The maximum absolute atomic E-state index is 11.7. The maximum atomic E-state index is 11.7. The molecule has 1 heterocycles. The van der Waals surface area contributed by atoms with Crippen molar-refractivity contribution in [1.29, 1.82) is 0 Å². The second kappa shape index (κ2) is 4.01. The zero-order chi connectivity index (χ0) is 11.1. The number of nitrogens with zero attached hydrogens (tertiary/aromatic N) is 1. The molecule has 0 spiro atoms. The van der Waals surface area contributed by atoms with Gasteiger partial charge in [0.15, 0.2) is 0 Å². The molecule has 2 aliphatic rings. The predicted octanol–water partition coefficient (Wildman–Crippen LogP) is -0.457. The van der Waals surface area contributed by atoms with Gasteiger partial charge in [0.25, 0.3) is 10.2 Å². The number of rotatable bonds is 3. The summed E-state index contributed by atoms with van der Waals surface area (Å²) < 4.78 is 27.4. The van der Waals surface area contributed by atoms with Gasteiger partial charge < -0.3 is 5.11 Å². The minimum atomic E-state index is -3.30. The van der Waals surface area contributed by atoms with Crippen LogP contribution in [0.1, 0.15) is 19.8 Å². The molecular weight excluding hydrogens is 216 g/mol. The van der Waals surface area contributed by atoms with Crippen molar-refractivity contribution < 1.29 is 13.5 Å². The van der Waals surface area contributed by atoms with Crippen molar-refractivity contribution in [3.63, 3.8) is 0 Å². The third-order valence-corrected chi connectivity index (χ3v) is 5.08. The van der Waals surface area contributed by atoms with Crippen molar-refractivity contribution in [2.75, 3.05) is 19.6 Å². The Morgan fingerprint density at radius 3 is 2.73 bits per heavy atom. The molecule has 1 saturated heterocycles. The molecule has 2 fully saturated rings. The molecule has 6 heteroatoms. The first-order chi connectivity index (χ1) is 7.04. The van der Waals surface area contributed by atoms with E-state index in [1.54, 1.807) is 6.92 Å². The van der Waals surface area contributed by atoms with Gasteiger partial charge in [-0.2, -0.15) is 12.7 Å². The number of aliphatic hydroxyl groups excluding tert-OH is 1. The summed E-state index contributed by atoms with van der Waals surface area (Å²) in [6.45, 7) is 3.22. The van der Waals surface area contributed by atoms with Gasteiger partial charge in [-0.05, 0) is 18.8 Å². The van der Waals surface area contributed by atoms with Gasteiger partial charge in [0.05, 0.1) is 6.10 Å². The van der Waals surface area contributed by atoms with E-state index in [1.807, 2.05) is 0 Å². The molecule has 0 aromatic carbocycles. The summed E-state index contributed by atoms with van der Waals surface area (Å²) in [5.41, 5.74) is 0. The normalized spacial score (nSPS) is 37.1. The minimum absolute atomic E-state index is 0.151. The highest BCUT2D eigenvalue weighted by Gasteiger charge is 2.45. The molecule has 1 aliphatic heterocycles. The summed E-state index contributed by atoms with van der Waals surface area (Å²) in [6.07, 6.45) is 1.46. The monoisotopic (exact) mass is 234 g/mol. The fourth-order valence-corrected chi connectivity index (χ4v) is 3.97. The van der Waals surface area contributed by atoms with Crippen LogP contribution in [0.2, 0.25) is 0 Å². The summed E-state index contributed by atoms with van der Waals surface area (Å²) in [5.74, 6) is 0.506. The maximum Gasteiger partial charge on any atom is 0.279 e. The summed E-state index contributed by atoms with van der Waals surface area (Å²) in [7, 11) is -3.30. The molecule has 1 aliphatic carbocycles. The van der Waals surface area contributed by atoms with Crippen LogP contribution in [-0.2, 0) is 10.2 Å².